The molecule has 2 N–H and O–H groups in total. The number of hydrogen-bond acceptors (Lipinski definition) is 6. The fraction of sp³-hybridized carbons (Fsp3) is 0.200. The van der Waals surface area contributed by atoms with Gasteiger partial charge in [-0.15, -0.1) is 0 Å². The summed E-state index contributed by atoms with van der Waals surface area (Å²) in [5.41, 5.74) is 6.94. The number of fused-ring (bicyclic) bond motifs is 4. The molecule has 0 saturated carbocycles. The second-order valence-electron chi connectivity index (χ2n) is 7.33. The van der Waals surface area contributed by atoms with Gasteiger partial charge in [-0.25, -0.2) is 15.0 Å². The van der Waals surface area contributed by atoms with Gasteiger partial charge < -0.3 is 15.4 Å². The van der Waals surface area contributed by atoms with E-state index in [0.717, 1.165) is 6.07 Å². The Bertz CT molecular complexity index is 1400. The van der Waals surface area contributed by atoms with Gasteiger partial charge in [-0.1, -0.05) is 11.6 Å². The van der Waals surface area contributed by atoms with Gasteiger partial charge in [0.25, 0.3) is 5.91 Å². The number of amides is 1. The lowest BCUT2D eigenvalue weighted by molar-refractivity contribution is -0.137. The number of likely N-dealkylation sites (N-methyl/N-ethyl adjacent to an activating group) is 1. The predicted molar refractivity (Wildman–Crippen MR) is 109 cm³/mol. The topological polar surface area (TPSA) is 98.6 Å². The molecule has 8 nitrogen and oxygen atoms in total. The number of anilines is 1. The van der Waals surface area contributed by atoms with Crippen LogP contribution in [0.3, 0.4) is 0 Å². The average Bonchev–Trinajstić information content (AvgIpc) is 3.39. The van der Waals surface area contributed by atoms with Gasteiger partial charge in [0.1, 0.15) is 17.9 Å². The zero-order chi connectivity index (χ0) is 22.8. The van der Waals surface area contributed by atoms with E-state index < -0.39 is 23.7 Å². The molecule has 0 fully saturated rings. The minimum Gasteiger partial charge on any atom is -0.475 e. The maximum Gasteiger partial charge on any atom is 0.417 e. The highest BCUT2D eigenvalue weighted by atomic mass is 35.5. The number of pyridine rings is 1. The van der Waals surface area contributed by atoms with Gasteiger partial charge in [-0.3, -0.25) is 9.20 Å². The highest BCUT2D eigenvalue weighted by Gasteiger charge is 2.37. The van der Waals surface area contributed by atoms with Crippen molar-refractivity contribution in [2.24, 2.45) is 0 Å². The lowest BCUT2D eigenvalue weighted by Crippen LogP contribution is -2.32. The third-order valence-electron chi connectivity index (χ3n) is 5.43. The lowest BCUT2D eigenvalue weighted by Gasteiger charge is -2.24. The molecule has 0 spiro atoms. The number of nitrogens with two attached hydrogens (primary N) is 1. The number of aromatic nitrogens is 4. The first kappa shape index (κ1) is 20.3. The van der Waals surface area contributed by atoms with Crippen LogP contribution in [0.5, 0.6) is 5.88 Å². The van der Waals surface area contributed by atoms with E-state index in [4.69, 9.17) is 22.1 Å². The quantitative estimate of drug-likeness (QED) is 0.487. The maximum absolute atomic E-state index is 13.3. The fourth-order valence-electron chi connectivity index (χ4n) is 3.74. The van der Waals surface area contributed by atoms with Gasteiger partial charge in [0.2, 0.25) is 5.88 Å². The van der Waals surface area contributed by atoms with E-state index in [0.29, 0.717) is 22.7 Å². The summed E-state index contributed by atoms with van der Waals surface area (Å²) < 4.78 is 46.5. The van der Waals surface area contributed by atoms with Crippen molar-refractivity contribution < 1.29 is 22.7 Å². The van der Waals surface area contributed by atoms with Crippen LogP contribution >= 0.6 is 11.6 Å². The van der Waals surface area contributed by atoms with Crippen LogP contribution in [0.15, 0.2) is 36.9 Å². The molecule has 0 bridgehead atoms. The standard InChI is InChI=1S/C20H14ClF3N6O2/c1-29(16-7-32-18-11(16)2-9(5-27-18)20(22,23)24)19(31)10-3-14-13(4-12(10)21)28-17(25)15-6-26-8-30(14)15/h2-6,8,16H,7H2,1H3,(H2,25,28)/t16-/m1/s1. The highest BCUT2D eigenvalue weighted by Crippen LogP contribution is 2.39. The molecule has 1 amide bonds. The van der Waals surface area contributed by atoms with Crippen molar-refractivity contribution >= 4 is 39.9 Å². The number of nitrogen functional groups attached to an aromatic ring is 1. The van der Waals surface area contributed by atoms with E-state index in [1.54, 1.807) is 16.7 Å². The monoisotopic (exact) mass is 462 g/mol. The van der Waals surface area contributed by atoms with Crippen LogP contribution in [0.1, 0.15) is 27.5 Å². The molecular weight excluding hydrogens is 449 g/mol. The van der Waals surface area contributed by atoms with E-state index in [1.165, 1.54) is 24.3 Å². The molecule has 1 atom stereocenters. The molecule has 0 saturated heterocycles. The fourth-order valence-corrected chi connectivity index (χ4v) is 3.98. The summed E-state index contributed by atoms with van der Waals surface area (Å²) >= 11 is 6.37. The molecule has 5 rings (SSSR count). The van der Waals surface area contributed by atoms with Crippen LogP contribution in [0, 0.1) is 0 Å². The van der Waals surface area contributed by atoms with Crippen LogP contribution < -0.4 is 10.5 Å². The molecule has 32 heavy (non-hydrogen) atoms. The maximum atomic E-state index is 13.3. The average molecular weight is 463 g/mol. The number of imidazole rings is 1. The molecule has 12 heteroatoms. The van der Waals surface area contributed by atoms with E-state index in [9.17, 15) is 18.0 Å². The number of alkyl halides is 3. The summed E-state index contributed by atoms with van der Waals surface area (Å²) in [5.74, 6) is -0.178. The zero-order valence-electron chi connectivity index (χ0n) is 16.4. The molecule has 3 aromatic heterocycles. The summed E-state index contributed by atoms with van der Waals surface area (Å²) in [6.07, 6.45) is -0.780. The molecule has 0 radical (unpaired) electrons. The van der Waals surface area contributed by atoms with Crippen LogP contribution in [-0.4, -0.2) is 43.8 Å². The highest BCUT2D eigenvalue weighted by molar-refractivity contribution is 6.34. The first-order valence-corrected chi connectivity index (χ1v) is 9.71. The van der Waals surface area contributed by atoms with E-state index in [-0.39, 0.29) is 34.5 Å². The molecule has 4 heterocycles. The zero-order valence-corrected chi connectivity index (χ0v) is 17.1. The second kappa shape index (κ2) is 6.95. The van der Waals surface area contributed by atoms with Crippen LogP contribution in [0.4, 0.5) is 19.0 Å². The van der Waals surface area contributed by atoms with E-state index in [1.807, 2.05) is 0 Å². The summed E-state index contributed by atoms with van der Waals surface area (Å²) in [7, 11) is 1.47. The SMILES string of the molecule is CN(C(=O)c1cc2c(cc1Cl)nc(N)c1cncn12)[C@@H]1COc2ncc(C(F)(F)F)cc21. The first-order chi connectivity index (χ1) is 15.1. The van der Waals surface area contributed by atoms with Gasteiger partial charge in [0.05, 0.1) is 45.7 Å². The normalized spacial score (nSPS) is 15.7. The summed E-state index contributed by atoms with van der Waals surface area (Å²) in [4.78, 5) is 26.7. The molecule has 4 aromatic rings. The van der Waals surface area contributed by atoms with E-state index in [2.05, 4.69) is 15.0 Å². The molecule has 0 unspecified atom stereocenters. The van der Waals surface area contributed by atoms with Crippen molar-refractivity contribution in [2.45, 2.75) is 12.2 Å². The Kier molecular flexibility index (Phi) is 4.41. The second-order valence-corrected chi connectivity index (χ2v) is 7.73. The smallest absolute Gasteiger partial charge is 0.417 e. The molecule has 0 aliphatic carbocycles. The number of rotatable bonds is 2. The molecular formula is C20H14ClF3N6O2. The van der Waals surface area contributed by atoms with Crippen molar-refractivity contribution in [1.82, 2.24) is 24.3 Å². The Labute approximate surface area is 183 Å². The first-order valence-electron chi connectivity index (χ1n) is 9.33. The number of carbonyl (C=O) groups is 1. The van der Waals surface area contributed by atoms with Crippen molar-refractivity contribution in [3.05, 3.63) is 58.6 Å². The minimum absolute atomic E-state index is 0.0268. The van der Waals surface area contributed by atoms with Crippen LogP contribution in [-0.2, 0) is 6.18 Å². The minimum atomic E-state index is -4.57. The number of hydrogen-bond donors (Lipinski definition) is 1. The molecule has 1 aromatic carbocycles. The summed E-state index contributed by atoms with van der Waals surface area (Å²) in [6, 6.07) is 3.25. The summed E-state index contributed by atoms with van der Waals surface area (Å²) in [5, 5.41) is 0.127. The Hall–Kier alpha value is -3.60. The number of nitrogens with zero attached hydrogens (tertiary/aromatic N) is 5. The molecule has 1 aliphatic heterocycles. The van der Waals surface area contributed by atoms with Gasteiger partial charge in [-0.2, -0.15) is 13.2 Å². The Balaban J connectivity index is 1.56. The van der Waals surface area contributed by atoms with Gasteiger partial charge in [0.15, 0.2) is 0 Å². The number of halogens is 4. The van der Waals surface area contributed by atoms with E-state index >= 15 is 0 Å². The Morgan fingerprint density at radius 1 is 1.28 bits per heavy atom. The van der Waals surface area contributed by atoms with Crippen molar-refractivity contribution in [1.29, 1.82) is 0 Å². The Morgan fingerprint density at radius 2 is 2.06 bits per heavy atom. The van der Waals surface area contributed by atoms with Gasteiger partial charge in [-0.05, 0) is 18.2 Å². The van der Waals surface area contributed by atoms with Crippen molar-refractivity contribution in [2.75, 3.05) is 19.4 Å². The largest absolute Gasteiger partial charge is 0.475 e. The molecule has 164 valence electrons. The number of carbonyl (C=O) groups excluding carboxylic acids is 1. The third-order valence-corrected chi connectivity index (χ3v) is 5.74. The van der Waals surface area contributed by atoms with Crippen LogP contribution in [0.2, 0.25) is 5.02 Å². The lowest BCUT2D eigenvalue weighted by atomic mass is 10.1. The third kappa shape index (κ3) is 3.08. The predicted octanol–water partition coefficient (Wildman–Crippen LogP) is 3.74. The van der Waals surface area contributed by atoms with Gasteiger partial charge >= 0.3 is 6.18 Å². The van der Waals surface area contributed by atoms with Crippen molar-refractivity contribution in [3.8, 4) is 5.88 Å². The number of ether oxygens (including phenoxy) is 1. The number of benzene rings is 1. The Morgan fingerprint density at radius 3 is 2.81 bits per heavy atom. The van der Waals surface area contributed by atoms with Gasteiger partial charge in [0, 0.05) is 18.8 Å². The van der Waals surface area contributed by atoms with Crippen molar-refractivity contribution in [3.63, 3.8) is 0 Å². The summed E-state index contributed by atoms with van der Waals surface area (Å²) in [6.45, 7) is -0.0268. The van der Waals surface area contributed by atoms with Crippen LogP contribution in [0.25, 0.3) is 16.6 Å². The molecule has 1 aliphatic rings.